The zero-order chi connectivity index (χ0) is 17.0. The van der Waals surface area contributed by atoms with E-state index in [-0.39, 0.29) is 23.7 Å². The lowest BCUT2D eigenvalue weighted by Gasteiger charge is -2.25. The first-order valence-corrected chi connectivity index (χ1v) is 7.59. The Hall–Kier alpha value is -1.96. The van der Waals surface area contributed by atoms with Crippen molar-refractivity contribution in [2.24, 2.45) is 0 Å². The Balaban J connectivity index is 1.87. The third-order valence-electron chi connectivity index (χ3n) is 4.40. The molecular formula is C15H22F2N4O2. The normalized spacial score (nSPS) is 21.6. The summed E-state index contributed by atoms with van der Waals surface area (Å²) < 4.78 is 26.2. The lowest BCUT2D eigenvalue weighted by atomic mass is 10.1. The van der Waals surface area contributed by atoms with Crippen molar-refractivity contribution in [3.8, 4) is 0 Å². The topological polar surface area (TPSA) is 66.4 Å². The molecule has 1 aliphatic rings. The molecule has 2 atom stereocenters. The summed E-state index contributed by atoms with van der Waals surface area (Å²) in [6.07, 6.45) is 3.33. The van der Waals surface area contributed by atoms with Crippen LogP contribution in [0.15, 0.2) is 18.3 Å². The first-order chi connectivity index (χ1) is 10.9. The van der Waals surface area contributed by atoms with Gasteiger partial charge in [-0.25, -0.2) is 0 Å². The van der Waals surface area contributed by atoms with E-state index in [9.17, 15) is 18.4 Å². The molecule has 0 bridgehead atoms. The van der Waals surface area contributed by atoms with Crippen LogP contribution in [0.4, 0.5) is 8.78 Å². The number of carbonyl (C=O) groups excluding carboxylic acids is 2. The quantitative estimate of drug-likeness (QED) is 0.825. The molecule has 1 aliphatic heterocycles. The first kappa shape index (κ1) is 17.4. The maximum atomic E-state index is 12.8. The van der Waals surface area contributed by atoms with Crippen molar-refractivity contribution in [1.82, 2.24) is 20.1 Å². The van der Waals surface area contributed by atoms with E-state index < -0.39 is 12.5 Å². The molecule has 2 N–H and O–H groups in total. The van der Waals surface area contributed by atoms with Crippen molar-refractivity contribution in [1.29, 1.82) is 0 Å². The maximum Gasteiger partial charge on any atom is 0.319 e. The molecule has 2 amide bonds. The van der Waals surface area contributed by atoms with Crippen LogP contribution in [0.1, 0.15) is 36.3 Å². The molecule has 1 aromatic rings. The van der Waals surface area contributed by atoms with E-state index in [1.54, 1.807) is 7.05 Å². The molecule has 6 nitrogen and oxygen atoms in total. The van der Waals surface area contributed by atoms with Crippen LogP contribution in [0.5, 0.6) is 0 Å². The number of hydrogen-bond acceptors (Lipinski definition) is 3. The van der Waals surface area contributed by atoms with Gasteiger partial charge >= 0.3 is 6.55 Å². The van der Waals surface area contributed by atoms with Crippen molar-refractivity contribution in [3.63, 3.8) is 0 Å². The summed E-state index contributed by atoms with van der Waals surface area (Å²) in [5, 5.41) is 5.31. The van der Waals surface area contributed by atoms with Gasteiger partial charge in [-0.05, 0) is 32.0 Å². The van der Waals surface area contributed by atoms with Crippen LogP contribution >= 0.6 is 0 Å². The molecule has 0 spiro atoms. The molecule has 23 heavy (non-hydrogen) atoms. The third-order valence-corrected chi connectivity index (χ3v) is 4.40. The molecule has 1 saturated heterocycles. The van der Waals surface area contributed by atoms with E-state index in [2.05, 4.69) is 15.5 Å². The SMILES string of the molecule is CNC(=O)C[C@H]1CC[C@@H](CNC(=O)c2cccn2C(F)F)N1C. The minimum Gasteiger partial charge on any atom is -0.359 e. The van der Waals surface area contributed by atoms with Crippen LogP contribution < -0.4 is 10.6 Å². The number of carbonyl (C=O) groups is 2. The van der Waals surface area contributed by atoms with E-state index in [4.69, 9.17) is 0 Å². The van der Waals surface area contributed by atoms with Gasteiger partial charge in [0.25, 0.3) is 5.91 Å². The third kappa shape index (κ3) is 4.07. The molecule has 8 heteroatoms. The molecule has 0 saturated carbocycles. The molecule has 0 aliphatic carbocycles. The monoisotopic (exact) mass is 328 g/mol. The Morgan fingerprint density at radius 1 is 1.35 bits per heavy atom. The van der Waals surface area contributed by atoms with Crippen LogP contribution in [0, 0.1) is 0 Å². The number of nitrogens with zero attached hydrogens (tertiary/aromatic N) is 2. The molecule has 2 rings (SSSR count). The van der Waals surface area contributed by atoms with Crippen LogP contribution in [-0.2, 0) is 4.79 Å². The highest BCUT2D eigenvalue weighted by molar-refractivity contribution is 5.92. The van der Waals surface area contributed by atoms with E-state index in [0.717, 1.165) is 12.8 Å². The molecule has 1 fully saturated rings. The Labute approximate surface area is 133 Å². The summed E-state index contributed by atoms with van der Waals surface area (Å²) in [6, 6.07) is 3.03. The van der Waals surface area contributed by atoms with Crippen LogP contribution in [0.2, 0.25) is 0 Å². The largest absolute Gasteiger partial charge is 0.359 e. The standard InChI is InChI=1S/C15H22F2N4O2/c1-18-13(22)8-10-5-6-11(20(10)2)9-19-14(23)12-4-3-7-21(12)15(16)17/h3-4,7,10-11,15H,5-6,8-9H2,1-2H3,(H,18,22)(H,19,23)/t10-,11+/m1/s1. The van der Waals surface area contributed by atoms with Gasteiger partial charge in [-0.1, -0.05) is 0 Å². The first-order valence-electron chi connectivity index (χ1n) is 7.59. The summed E-state index contributed by atoms with van der Waals surface area (Å²) in [6.45, 7) is -2.37. The fraction of sp³-hybridized carbons (Fsp3) is 0.600. The summed E-state index contributed by atoms with van der Waals surface area (Å²) in [5.74, 6) is -0.528. The van der Waals surface area contributed by atoms with Gasteiger partial charge in [-0.15, -0.1) is 0 Å². The molecule has 128 valence electrons. The highest BCUT2D eigenvalue weighted by Crippen LogP contribution is 2.24. The van der Waals surface area contributed by atoms with Crippen molar-refractivity contribution in [2.75, 3.05) is 20.6 Å². The average molecular weight is 328 g/mol. The second-order valence-corrected chi connectivity index (χ2v) is 5.72. The van der Waals surface area contributed by atoms with E-state index >= 15 is 0 Å². The van der Waals surface area contributed by atoms with Crippen molar-refractivity contribution in [3.05, 3.63) is 24.0 Å². The number of halogens is 2. The van der Waals surface area contributed by atoms with Gasteiger partial charge in [0.1, 0.15) is 5.69 Å². The minimum atomic E-state index is -2.74. The zero-order valence-corrected chi connectivity index (χ0v) is 13.3. The Bertz CT molecular complexity index is 561. The van der Waals surface area contributed by atoms with Crippen LogP contribution in [-0.4, -0.2) is 54.0 Å². The van der Waals surface area contributed by atoms with Crippen molar-refractivity contribution in [2.45, 2.75) is 37.9 Å². The highest BCUT2D eigenvalue weighted by atomic mass is 19.3. The molecule has 0 unspecified atom stereocenters. The molecule has 2 heterocycles. The second-order valence-electron chi connectivity index (χ2n) is 5.72. The smallest absolute Gasteiger partial charge is 0.319 e. The van der Waals surface area contributed by atoms with Crippen LogP contribution in [0.3, 0.4) is 0 Å². The second kappa shape index (κ2) is 7.54. The molecule has 0 aromatic carbocycles. The summed E-state index contributed by atoms with van der Waals surface area (Å²) >= 11 is 0. The van der Waals surface area contributed by atoms with Gasteiger partial charge in [-0.3, -0.25) is 19.1 Å². The molecule has 0 radical (unpaired) electrons. The number of likely N-dealkylation sites (tertiary alicyclic amines) is 1. The highest BCUT2D eigenvalue weighted by Gasteiger charge is 2.31. The number of alkyl halides is 2. The van der Waals surface area contributed by atoms with Gasteiger partial charge in [0, 0.05) is 38.3 Å². The Morgan fingerprint density at radius 2 is 2.04 bits per heavy atom. The van der Waals surface area contributed by atoms with Gasteiger partial charge in [0.2, 0.25) is 5.91 Å². The zero-order valence-electron chi connectivity index (χ0n) is 13.3. The summed E-state index contributed by atoms with van der Waals surface area (Å²) in [4.78, 5) is 25.6. The number of rotatable bonds is 6. The van der Waals surface area contributed by atoms with E-state index in [1.807, 2.05) is 7.05 Å². The lowest BCUT2D eigenvalue weighted by Crippen LogP contribution is -2.42. The van der Waals surface area contributed by atoms with E-state index in [0.29, 0.717) is 17.5 Å². The number of nitrogens with one attached hydrogen (secondary N) is 2. The fourth-order valence-corrected chi connectivity index (χ4v) is 2.96. The fourth-order valence-electron chi connectivity index (χ4n) is 2.96. The maximum absolute atomic E-state index is 12.8. The Morgan fingerprint density at radius 3 is 2.70 bits per heavy atom. The minimum absolute atomic E-state index is 0.0127. The Kier molecular flexibility index (Phi) is 5.70. The molecule has 1 aromatic heterocycles. The molecular weight excluding hydrogens is 306 g/mol. The van der Waals surface area contributed by atoms with Crippen LogP contribution in [0.25, 0.3) is 0 Å². The van der Waals surface area contributed by atoms with Gasteiger partial charge in [0.05, 0.1) is 0 Å². The number of likely N-dealkylation sites (N-methyl/N-ethyl adjacent to an activating group) is 1. The number of amides is 2. The van der Waals surface area contributed by atoms with Gasteiger partial charge < -0.3 is 10.6 Å². The predicted molar refractivity (Wildman–Crippen MR) is 81.3 cm³/mol. The van der Waals surface area contributed by atoms with Gasteiger partial charge in [-0.2, -0.15) is 8.78 Å². The van der Waals surface area contributed by atoms with Crippen molar-refractivity contribution < 1.29 is 18.4 Å². The summed E-state index contributed by atoms with van der Waals surface area (Å²) in [7, 11) is 3.52. The van der Waals surface area contributed by atoms with Crippen molar-refractivity contribution >= 4 is 11.8 Å². The average Bonchev–Trinajstić information content (AvgIpc) is 3.13. The summed E-state index contributed by atoms with van der Waals surface area (Å²) in [5.41, 5.74) is -0.0532. The number of hydrogen-bond donors (Lipinski definition) is 2. The predicted octanol–water partition coefficient (Wildman–Crippen LogP) is 1.21. The van der Waals surface area contributed by atoms with Gasteiger partial charge in [0.15, 0.2) is 0 Å². The number of aromatic nitrogens is 1. The lowest BCUT2D eigenvalue weighted by molar-refractivity contribution is -0.121. The van der Waals surface area contributed by atoms with E-state index in [1.165, 1.54) is 18.3 Å².